The maximum Gasteiger partial charge on any atom is 0.261 e. The van der Waals surface area contributed by atoms with Gasteiger partial charge in [-0.3, -0.25) is 9.52 Å². The third kappa shape index (κ3) is 5.24. The standard InChI is InChI=1S/C24H26N2O4S/c1-16-9-13-20(14-10-16)31(28,29)26-22-15-19(12-11-17(22)2)24(27)25-18(3)21-7-5-6-8-23(21)30-4/h5-15,18,26H,1-4H3,(H,25,27)/t18-/m0/s1. The van der Waals surface area contributed by atoms with Crippen LogP contribution < -0.4 is 14.8 Å². The number of methoxy groups -OCH3 is 1. The number of carbonyl (C=O) groups is 1. The Labute approximate surface area is 183 Å². The first-order chi connectivity index (χ1) is 14.7. The highest BCUT2D eigenvalue weighted by atomic mass is 32.2. The molecule has 0 aliphatic rings. The molecule has 0 aliphatic heterocycles. The molecule has 3 rings (SSSR count). The van der Waals surface area contributed by atoms with Gasteiger partial charge in [-0.2, -0.15) is 0 Å². The Morgan fingerprint density at radius 1 is 0.968 bits per heavy atom. The average Bonchev–Trinajstić information content (AvgIpc) is 2.75. The van der Waals surface area contributed by atoms with Crippen molar-refractivity contribution in [1.29, 1.82) is 0 Å². The van der Waals surface area contributed by atoms with E-state index in [1.54, 1.807) is 56.5 Å². The van der Waals surface area contributed by atoms with Gasteiger partial charge in [-0.15, -0.1) is 0 Å². The maximum atomic E-state index is 12.8. The Morgan fingerprint density at radius 3 is 2.32 bits per heavy atom. The highest BCUT2D eigenvalue weighted by Crippen LogP contribution is 2.26. The van der Waals surface area contributed by atoms with E-state index in [1.165, 1.54) is 0 Å². The molecule has 0 saturated heterocycles. The van der Waals surface area contributed by atoms with Crippen LogP contribution in [0.4, 0.5) is 5.69 Å². The van der Waals surface area contributed by atoms with Gasteiger partial charge in [0.15, 0.2) is 0 Å². The lowest BCUT2D eigenvalue weighted by atomic mass is 10.1. The third-order valence-corrected chi connectivity index (χ3v) is 6.41. The minimum atomic E-state index is -3.77. The van der Waals surface area contributed by atoms with Crippen LogP contribution in [0.2, 0.25) is 0 Å². The fraction of sp³-hybridized carbons (Fsp3) is 0.208. The summed E-state index contributed by atoms with van der Waals surface area (Å²) in [5, 5.41) is 2.94. The van der Waals surface area contributed by atoms with Crippen molar-refractivity contribution >= 4 is 21.6 Å². The summed E-state index contributed by atoms with van der Waals surface area (Å²) in [6.45, 7) is 5.54. The zero-order valence-electron chi connectivity index (χ0n) is 18.0. The SMILES string of the molecule is COc1ccccc1[C@H](C)NC(=O)c1ccc(C)c(NS(=O)(=O)c2ccc(C)cc2)c1. The Balaban J connectivity index is 1.81. The van der Waals surface area contributed by atoms with Gasteiger partial charge in [-0.25, -0.2) is 8.42 Å². The highest BCUT2D eigenvalue weighted by molar-refractivity contribution is 7.92. The lowest BCUT2D eigenvalue weighted by Crippen LogP contribution is -2.27. The molecule has 0 radical (unpaired) electrons. The van der Waals surface area contributed by atoms with Gasteiger partial charge in [-0.05, 0) is 56.7 Å². The topological polar surface area (TPSA) is 84.5 Å². The number of anilines is 1. The van der Waals surface area contributed by atoms with E-state index in [0.717, 1.165) is 11.1 Å². The van der Waals surface area contributed by atoms with E-state index in [9.17, 15) is 13.2 Å². The van der Waals surface area contributed by atoms with E-state index in [2.05, 4.69) is 10.0 Å². The Morgan fingerprint density at radius 2 is 1.65 bits per heavy atom. The number of carbonyl (C=O) groups excluding carboxylic acids is 1. The second-order valence-corrected chi connectivity index (χ2v) is 9.07. The zero-order valence-corrected chi connectivity index (χ0v) is 18.8. The molecule has 162 valence electrons. The molecule has 1 amide bonds. The maximum absolute atomic E-state index is 12.8. The smallest absolute Gasteiger partial charge is 0.261 e. The predicted molar refractivity (Wildman–Crippen MR) is 122 cm³/mol. The molecule has 0 fully saturated rings. The molecule has 0 bridgehead atoms. The molecule has 0 unspecified atom stereocenters. The van der Waals surface area contributed by atoms with Crippen molar-refractivity contribution in [3.8, 4) is 5.75 Å². The summed E-state index contributed by atoms with van der Waals surface area (Å²) < 4.78 is 33.5. The summed E-state index contributed by atoms with van der Waals surface area (Å²) in [6, 6.07) is 18.7. The first kappa shape index (κ1) is 22.4. The number of nitrogens with one attached hydrogen (secondary N) is 2. The monoisotopic (exact) mass is 438 g/mol. The molecule has 7 heteroatoms. The van der Waals surface area contributed by atoms with Crippen LogP contribution >= 0.6 is 0 Å². The van der Waals surface area contributed by atoms with E-state index in [4.69, 9.17) is 4.74 Å². The van der Waals surface area contributed by atoms with Crippen LogP contribution in [0.25, 0.3) is 0 Å². The highest BCUT2D eigenvalue weighted by Gasteiger charge is 2.18. The summed E-state index contributed by atoms with van der Waals surface area (Å²) in [7, 11) is -2.19. The van der Waals surface area contributed by atoms with Gasteiger partial charge in [0.25, 0.3) is 15.9 Å². The fourth-order valence-electron chi connectivity index (χ4n) is 3.18. The first-order valence-corrected chi connectivity index (χ1v) is 11.3. The van der Waals surface area contributed by atoms with Gasteiger partial charge in [-0.1, -0.05) is 42.0 Å². The van der Waals surface area contributed by atoms with Crippen molar-refractivity contribution in [3.05, 3.63) is 89.0 Å². The molecule has 2 N–H and O–H groups in total. The van der Waals surface area contributed by atoms with Gasteiger partial charge < -0.3 is 10.1 Å². The molecule has 31 heavy (non-hydrogen) atoms. The minimum absolute atomic E-state index is 0.164. The van der Waals surface area contributed by atoms with E-state index in [1.807, 2.05) is 38.1 Å². The molecule has 3 aromatic rings. The zero-order chi connectivity index (χ0) is 22.6. The molecule has 1 atom stereocenters. The number of ether oxygens (including phenoxy) is 1. The third-order valence-electron chi connectivity index (χ3n) is 5.03. The van der Waals surface area contributed by atoms with Crippen molar-refractivity contribution in [2.24, 2.45) is 0 Å². The van der Waals surface area contributed by atoms with Crippen molar-refractivity contribution in [3.63, 3.8) is 0 Å². The number of aryl methyl sites for hydroxylation is 2. The van der Waals surface area contributed by atoms with E-state index >= 15 is 0 Å². The summed E-state index contributed by atoms with van der Waals surface area (Å²) >= 11 is 0. The van der Waals surface area contributed by atoms with Crippen molar-refractivity contribution in [2.45, 2.75) is 31.7 Å². The Bertz CT molecular complexity index is 1190. The molecule has 0 saturated carbocycles. The van der Waals surface area contributed by atoms with E-state index < -0.39 is 10.0 Å². The molecule has 0 spiro atoms. The molecule has 0 aromatic heterocycles. The van der Waals surface area contributed by atoms with Crippen LogP contribution in [0.1, 0.15) is 40.0 Å². The van der Waals surface area contributed by atoms with E-state index in [-0.39, 0.29) is 16.8 Å². The molecular weight excluding hydrogens is 412 g/mol. The average molecular weight is 439 g/mol. The predicted octanol–water partition coefficient (Wildman–Crippen LogP) is 4.60. The number of benzene rings is 3. The molecular formula is C24H26N2O4S. The second-order valence-electron chi connectivity index (χ2n) is 7.39. The van der Waals surface area contributed by atoms with Crippen LogP contribution in [0.5, 0.6) is 5.75 Å². The second kappa shape index (κ2) is 9.22. The minimum Gasteiger partial charge on any atom is -0.496 e. The first-order valence-electron chi connectivity index (χ1n) is 9.85. The summed E-state index contributed by atoms with van der Waals surface area (Å²) in [6.07, 6.45) is 0. The lowest BCUT2D eigenvalue weighted by Gasteiger charge is -2.18. The van der Waals surface area contributed by atoms with Crippen molar-refractivity contribution in [2.75, 3.05) is 11.8 Å². The van der Waals surface area contributed by atoms with Gasteiger partial charge in [0.2, 0.25) is 0 Å². The molecule has 0 heterocycles. The number of hydrogen-bond donors (Lipinski definition) is 2. The number of para-hydroxylation sites is 1. The Kier molecular flexibility index (Phi) is 6.65. The number of sulfonamides is 1. The quantitative estimate of drug-likeness (QED) is 0.564. The van der Waals surface area contributed by atoms with Gasteiger partial charge in [0.1, 0.15) is 5.75 Å². The number of rotatable bonds is 7. The van der Waals surface area contributed by atoms with Crippen molar-refractivity contribution in [1.82, 2.24) is 5.32 Å². The number of hydrogen-bond acceptors (Lipinski definition) is 4. The van der Waals surface area contributed by atoms with Gasteiger partial charge in [0, 0.05) is 11.1 Å². The fourth-order valence-corrected chi connectivity index (χ4v) is 4.30. The summed E-state index contributed by atoms with van der Waals surface area (Å²) in [5.41, 5.74) is 3.25. The number of amides is 1. The molecule has 6 nitrogen and oxygen atoms in total. The van der Waals surface area contributed by atoms with Crippen molar-refractivity contribution < 1.29 is 17.9 Å². The molecule has 3 aromatic carbocycles. The van der Waals surface area contributed by atoms with Gasteiger partial charge in [0.05, 0.1) is 23.7 Å². The van der Waals surface area contributed by atoms with Crippen LogP contribution in [0.3, 0.4) is 0 Å². The summed E-state index contributed by atoms with van der Waals surface area (Å²) in [5.74, 6) is 0.375. The van der Waals surface area contributed by atoms with Crippen LogP contribution in [0.15, 0.2) is 71.6 Å². The summed E-state index contributed by atoms with van der Waals surface area (Å²) in [4.78, 5) is 13.0. The lowest BCUT2D eigenvalue weighted by molar-refractivity contribution is 0.0939. The Hall–Kier alpha value is -3.32. The largest absolute Gasteiger partial charge is 0.496 e. The van der Waals surface area contributed by atoms with Gasteiger partial charge >= 0.3 is 0 Å². The van der Waals surface area contributed by atoms with E-state index in [0.29, 0.717) is 22.6 Å². The molecule has 0 aliphatic carbocycles. The normalized spacial score (nSPS) is 12.1. The van der Waals surface area contributed by atoms with Crippen LogP contribution in [-0.4, -0.2) is 21.4 Å². The van der Waals surface area contributed by atoms with Crippen LogP contribution in [0, 0.1) is 13.8 Å². The van der Waals surface area contributed by atoms with Crippen LogP contribution in [-0.2, 0) is 10.0 Å².